The van der Waals surface area contributed by atoms with E-state index in [0.717, 1.165) is 18.4 Å². The summed E-state index contributed by atoms with van der Waals surface area (Å²) in [6, 6.07) is 6.41. The van der Waals surface area contributed by atoms with Crippen LogP contribution in [0.2, 0.25) is 0 Å². The number of rotatable bonds is 5. The standard InChI is InChI=1S/C23H28N2O3/c1-15(17-11-10-16-6-2-3-7-18(16)14-17)24-21(26)12-13-25-22(27)19-8-4-5-9-20(19)23(25)28/h4-5,10-11,14-15,19-20H,2-3,6-9,12-13H2,1H3,(H,24,26)/t15?,19-,20+. The van der Waals surface area contributed by atoms with Gasteiger partial charge in [0.15, 0.2) is 0 Å². The second-order valence-corrected chi connectivity index (χ2v) is 8.26. The number of imide groups is 1. The fourth-order valence-electron chi connectivity index (χ4n) is 4.72. The number of benzene rings is 1. The van der Waals surface area contributed by atoms with E-state index < -0.39 is 0 Å². The first-order chi connectivity index (χ1) is 13.5. The number of likely N-dealkylation sites (tertiary alicyclic amines) is 1. The summed E-state index contributed by atoms with van der Waals surface area (Å²) >= 11 is 0. The summed E-state index contributed by atoms with van der Waals surface area (Å²) in [6.45, 7) is 2.16. The predicted octanol–water partition coefficient (Wildman–Crippen LogP) is 3.08. The Morgan fingerprint density at radius 3 is 2.39 bits per heavy atom. The number of hydrogen-bond acceptors (Lipinski definition) is 3. The van der Waals surface area contributed by atoms with Crippen LogP contribution in [0.1, 0.15) is 61.8 Å². The minimum absolute atomic E-state index is 0.0866. The number of nitrogens with one attached hydrogen (secondary N) is 1. The van der Waals surface area contributed by atoms with Gasteiger partial charge in [0.2, 0.25) is 17.7 Å². The lowest BCUT2D eigenvalue weighted by Gasteiger charge is -2.20. The van der Waals surface area contributed by atoms with Gasteiger partial charge in [0.1, 0.15) is 0 Å². The van der Waals surface area contributed by atoms with Gasteiger partial charge in [-0.3, -0.25) is 19.3 Å². The number of carbonyl (C=O) groups excluding carboxylic acids is 3. The number of fused-ring (bicyclic) bond motifs is 2. The Labute approximate surface area is 166 Å². The Morgan fingerprint density at radius 2 is 1.71 bits per heavy atom. The third-order valence-corrected chi connectivity index (χ3v) is 6.41. The Balaban J connectivity index is 1.32. The van der Waals surface area contributed by atoms with Gasteiger partial charge in [-0.25, -0.2) is 0 Å². The number of nitrogens with zero attached hydrogens (tertiary/aromatic N) is 1. The first kappa shape index (κ1) is 18.9. The molecule has 0 saturated carbocycles. The van der Waals surface area contributed by atoms with Crippen molar-refractivity contribution in [1.29, 1.82) is 0 Å². The molecule has 28 heavy (non-hydrogen) atoms. The Kier molecular flexibility index (Phi) is 5.33. The molecular formula is C23H28N2O3. The van der Waals surface area contributed by atoms with Crippen molar-refractivity contribution in [2.24, 2.45) is 11.8 Å². The maximum Gasteiger partial charge on any atom is 0.233 e. The highest BCUT2D eigenvalue weighted by molar-refractivity contribution is 6.05. The van der Waals surface area contributed by atoms with Crippen LogP contribution in [-0.2, 0) is 27.2 Å². The maximum absolute atomic E-state index is 12.5. The van der Waals surface area contributed by atoms with Gasteiger partial charge in [-0.05, 0) is 62.1 Å². The van der Waals surface area contributed by atoms with E-state index in [2.05, 4.69) is 23.5 Å². The van der Waals surface area contributed by atoms with Gasteiger partial charge in [0, 0.05) is 13.0 Å². The maximum atomic E-state index is 12.5. The quantitative estimate of drug-likeness (QED) is 0.631. The molecule has 0 radical (unpaired) electrons. The molecule has 5 nitrogen and oxygen atoms in total. The highest BCUT2D eigenvalue weighted by Crippen LogP contribution is 2.35. The lowest BCUT2D eigenvalue weighted by molar-refractivity contribution is -0.140. The van der Waals surface area contributed by atoms with Crippen molar-refractivity contribution in [1.82, 2.24) is 10.2 Å². The van der Waals surface area contributed by atoms with Crippen LogP contribution in [-0.4, -0.2) is 29.2 Å². The molecule has 0 bridgehead atoms. The topological polar surface area (TPSA) is 66.5 Å². The van der Waals surface area contributed by atoms with Gasteiger partial charge < -0.3 is 5.32 Å². The molecule has 148 valence electrons. The van der Waals surface area contributed by atoms with E-state index in [4.69, 9.17) is 0 Å². The molecular weight excluding hydrogens is 352 g/mol. The van der Waals surface area contributed by atoms with Crippen LogP contribution in [0.25, 0.3) is 0 Å². The van der Waals surface area contributed by atoms with E-state index in [0.29, 0.717) is 12.8 Å². The Bertz CT molecular complexity index is 803. The molecule has 1 fully saturated rings. The molecule has 0 spiro atoms. The van der Waals surface area contributed by atoms with E-state index >= 15 is 0 Å². The fraction of sp³-hybridized carbons (Fsp3) is 0.522. The molecule has 1 N–H and O–H groups in total. The third-order valence-electron chi connectivity index (χ3n) is 6.41. The molecule has 1 saturated heterocycles. The van der Waals surface area contributed by atoms with E-state index in [1.165, 1.54) is 28.9 Å². The molecule has 0 aromatic heterocycles. The first-order valence-corrected chi connectivity index (χ1v) is 10.5. The average molecular weight is 380 g/mol. The summed E-state index contributed by atoms with van der Waals surface area (Å²) in [5.74, 6) is -0.812. The summed E-state index contributed by atoms with van der Waals surface area (Å²) in [4.78, 5) is 38.7. The zero-order valence-corrected chi connectivity index (χ0v) is 16.4. The van der Waals surface area contributed by atoms with Crippen molar-refractivity contribution in [2.75, 3.05) is 6.54 Å². The first-order valence-electron chi connectivity index (χ1n) is 10.5. The minimum Gasteiger partial charge on any atom is -0.350 e. The van der Waals surface area contributed by atoms with Crippen LogP contribution in [0.3, 0.4) is 0 Å². The molecule has 1 heterocycles. The number of amides is 3. The summed E-state index contributed by atoms with van der Waals surface area (Å²) in [7, 11) is 0. The summed E-state index contributed by atoms with van der Waals surface area (Å²) < 4.78 is 0. The lowest BCUT2D eigenvalue weighted by Crippen LogP contribution is -2.36. The molecule has 3 atom stereocenters. The zero-order valence-electron chi connectivity index (χ0n) is 16.4. The van der Waals surface area contributed by atoms with Crippen molar-refractivity contribution in [3.05, 3.63) is 47.0 Å². The van der Waals surface area contributed by atoms with Crippen molar-refractivity contribution in [3.8, 4) is 0 Å². The number of allylic oxidation sites excluding steroid dienone is 2. The van der Waals surface area contributed by atoms with Crippen molar-refractivity contribution < 1.29 is 14.4 Å². The molecule has 3 amide bonds. The SMILES string of the molecule is CC(NC(=O)CCN1C(=O)[C@H]2CC=CC[C@H]2C1=O)c1ccc2c(c1)CCCC2. The van der Waals surface area contributed by atoms with Crippen LogP contribution in [0, 0.1) is 11.8 Å². The van der Waals surface area contributed by atoms with Crippen LogP contribution in [0.15, 0.2) is 30.4 Å². The van der Waals surface area contributed by atoms with E-state index in [9.17, 15) is 14.4 Å². The third kappa shape index (κ3) is 3.62. The monoisotopic (exact) mass is 380 g/mol. The molecule has 5 heteroatoms. The number of hydrogen-bond donors (Lipinski definition) is 1. The van der Waals surface area contributed by atoms with Crippen molar-refractivity contribution in [2.45, 2.75) is 57.9 Å². The number of aryl methyl sites for hydroxylation is 2. The molecule has 1 aliphatic heterocycles. The van der Waals surface area contributed by atoms with E-state index in [1.807, 2.05) is 19.1 Å². The Morgan fingerprint density at radius 1 is 1.07 bits per heavy atom. The van der Waals surface area contributed by atoms with E-state index in [1.54, 1.807) is 0 Å². The smallest absolute Gasteiger partial charge is 0.233 e. The van der Waals surface area contributed by atoms with Gasteiger partial charge >= 0.3 is 0 Å². The normalized spacial score (nSPS) is 24.7. The molecule has 1 aromatic carbocycles. The molecule has 3 aliphatic rings. The predicted molar refractivity (Wildman–Crippen MR) is 106 cm³/mol. The van der Waals surface area contributed by atoms with Crippen molar-refractivity contribution >= 4 is 17.7 Å². The highest BCUT2D eigenvalue weighted by atomic mass is 16.2. The fourth-order valence-corrected chi connectivity index (χ4v) is 4.72. The largest absolute Gasteiger partial charge is 0.350 e. The molecule has 1 aromatic rings. The van der Waals surface area contributed by atoms with Gasteiger partial charge in [-0.2, -0.15) is 0 Å². The minimum atomic E-state index is -0.227. The zero-order chi connectivity index (χ0) is 19.7. The van der Waals surface area contributed by atoms with Gasteiger partial charge in [0.05, 0.1) is 17.9 Å². The van der Waals surface area contributed by atoms with Crippen molar-refractivity contribution in [3.63, 3.8) is 0 Å². The second kappa shape index (κ2) is 7.90. The highest BCUT2D eigenvalue weighted by Gasteiger charge is 2.46. The summed E-state index contributed by atoms with van der Waals surface area (Å²) in [6.07, 6.45) is 10.1. The average Bonchev–Trinajstić information content (AvgIpc) is 2.96. The lowest BCUT2D eigenvalue weighted by atomic mass is 9.85. The van der Waals surface area contributed by atoms with Gasteiger partial charge in [-0.15, -0.1) is 0 Å². The summed E-state index contributed by atoms with van der Waals surface area (Å²) in [5.41, 5.74) is 3.93. The van der Waals surface area contributed by atoms with Crippen LogP contribution >= 0.6 is 0 Å². The molecule has 2 aliphatic carbocycles. The number of carbonyl (C=O) groups is 3. The van der Waals surface area contributed by atoms with Crippen LogP contribution in [0.5, 0.6) is 0 Å². The van der Waals surface area contributed by atoms with Gasteiger partial charge in [0.25, 0.3) is 0 Å². The Hall–Kier alpha value is -2.43. The summed E-state index contributed by atoms with van der Waals surface area (Å²) in [5, 5.41) is 3.02. The van der Waals surface area contributed by atoms with Crippen LogP contribution in [0.4, 0.5) is 0 Å². The second-order valence-electron chi connectivity index (χ2n) is 8.26. The van der Waals surface area contributed by atoms with Crippen LogP contribution < -0.4 is 5.32 Å². The van der Waals surface area contributed by atoms with E-state index in [-0.39, 0.29) is 48.6 Å². The van der Waals surface area contributed by atoms with Gasteiger partial charge in [-0.1, -0.05) is 30.4 Å². The molecule has 4 rings (SSSR count). The molecule has 1 unspecified atom stereocenters.